The molecular formula is C63H120O6. The van der Waals surface area contributed by atoms with Crippen molar-refractivity contribution in [1.82, 2.24) is 0 Å². The molecule has 6 nitrogen and oxygen atoms in total. The second-order valence-electron chi connectivity index (χ2n) is 21.3. The van der Waals surface area contributed by atoms with E-state index >= 15 is 0 Å². The second kappa shape index (κ2) is 58.7. The number of carbonyl (C=O) groups is 3. The van der Waals surface area contributed by atoms with Crippen LogP contribution in [0.4, 0.5) is 0 Å². The van der Waals surface area contributed by atoms with Gasteiger partial charge in [-0.2, -0.15) is 0 Å². The summed E-state index contributed by atoms with van der Waals surface area (Å²) >= 11 is 0. The Kier molecular flexibility index (Phi) is 57.1. The van der Waals surface area contributed by atoms with Crippen LogP contribution in [0.25, 0.3) is 0 Å². The minimum absolute atomic E-state index is 0.0647. The van der Waals surface area contributed by atoms with Gasteiger partial charge >= 0.3 is 17.9 Å². The average Bonchev–Trinajstić information content (AvgIpc) is 3.35. The molecule has 0 heterocycles. The lowest BCUT2D eigenvalue weighted by Gasteiger charge is -2.18. The predicted octanol–water partition coefficient (Wildman–Crippen LogP) is 20.9. The number of hydrogen-bond donors (Lipinski definition) is 0. The molecule has 0 aliphatic rings. The summed E-state index contributed by atoms with van der Waals surface area (Å²) in [5.41, 5.74) is 0. The van der Waals surface area contributed by atoms with Gasteiger partial charge in [0.25, 0.3) is 0 Å². The highest BCUT2D eigenvalue weighted by Gasteiger charge is 2.19. The van der Waals surface area contributed by atoms with Gasteiger partial charge in [0.15, 0.2) is 6.10 Å². The molecule has 6 heteroatoms. The fourth-order valence-electron chi connectivity index (χ4n) is 9.56. The number of allylic oxidation sites excluding steroid dienone is 2. The predicted molar refractivity (Wildman–Crippen MR) is 298 cm³/mol. The van der Waals surface area contributed by atoms with Crippen molar-refractivity contribution in [2.45, 2.75) is 361 Å². The largest absolute Gasteiger partial charge is 0.462 e. The molecule has 69 heavy (non-hydrogen) atoms. The first-order chi connectivity index (χ1) is 34.0. The van der Waals surface area contributed by atoms with E-state index in [1.54, 1.807) is 0 Å². The maximum Gasteiger partial charge on any atom is 0.306 e. The molecule has 408 valence electrons. The highest BCUT2D eigenvalue weighted by Crippen LogP contribution is 2.18. The number of unbranched alkanes of at least 4 members (excludes halogenated alkanes) is 45. The topological polar surface area (TPSA) is 78.9 Å². The molecule has 0 aliphatic heterocycles. The third-order valence-corrected chi connectivity index (χ3v) is 14.3. The van der Waals surface area contributed by atoms with Gasteiger partial charge in [0, 0.05) is 19.3 Å². The van der Waals surface area contributed by atoms with Crippen molar-refractivity contribution >= 4 is 17.9 Å². The molecule has 1 unspecified atom stereocenters. The van der Waals surface area contributed by atoms with E-state index in [1.807, 2.05) is 0 Å². The van der Waals surface area contributed by atoms with Crippen molar-refractivity contribution in [1.29, 1.82) is 0 Å². The zero-order valence-corrected chi connectivity index (χ0v) is 46.9. The monoisotopic (exact) mass is 973 g/mol. The molecule has 0 aromatic heterocycles. The van der Waals surface area contributed by atoms with Gasteiger partial charge in [-0.05, 0) is 44.9 Å². The summed E-state index contributed by atoms with van der Waals surface area (Å²) in [6.07, 6.45) is 67.8. The number of hydrogen-bond acceptors (Lipinski definition) is 6. The minimum Gasteiger partial charge on any atom is -0.462 e. The summed E-state index contributed by atoms with van der Waals surface area (Å²) < 4.78 is 16.9. The van der Waals surface area contributed by atoms with Gasteiger partial charge in [-0.1, -0.05) is 303 Å². The molecular weight excluding hydrogens is 853 g/mol. The molecule has 0 aromatic carbocycles. The molecule has 0 saturated carbocycles. The van der Waals surface area contributed by atoms with Gasteiger partial charge in [-0.15, -0.1) is 0 Å². The van der Waals surface area contributed by atoms with Gasteiger partial charge in [0.1, 0.15) is 13.2 Å². The first-order valence-corrected chi connectivity index (χ1v) is 31.2. The summed E-state index contributed by atoms with van der Waals surface area (Å²) in [5, 5.41) is 0. The molecule has 0 saturated heterocycles. The van der Waals surface area contributed by atoms with Crippen LogP contribution in [0.3, 0.4) is 0 Å². The van der Waals surface area contributed by atoms with E-state index in [1.165, 1.54) is 257 Å². The van der Waals surface area contributed by atoms with Gasteiger partial charge < -0.3 is 14.2 Å². The van der Waals surface area contributed by atoms with Crippen LogP contribution in [0.2, 0.25) is 0 Å². The first kappa shape index (κ1) is 67.1. The van der Waals surface area contributed by atoms with Crippen LogP contribution in [0.5, 0.6) is 0 Å². The van der Waals surface area contributed by atoms with E-state index in [2.05, 4.69) is 32.9 Å². The fraction of sp³-hybridized carbons (Fsp3) is 0.921. The van der Waals surface area contributed by atoms with Crippen LogP contribution in [0.15, 0.2) is 12.2 Å². The Bertz CT molecular complexity index is 1070. The van der Waals surface area contributed by atoms with E-state index in [9.17, 15) is 14.4 Å². The normalized spacial score (nSPS) is 12.0. The third-order valence-electron chi connectivity index (χ3n) is 14.3. The zero-order chi connectivity index (χ0) is 50.0. The molecule has 0 amide bonds. The summed E-state index contributed by atoms with van der Waals surface area (Å²) in [4.78, 5) is 38.3. The Balaban J connectivity index is 4.31. The Morgan fingerprint density at radius 1 is 0.275 bits per heavy atom. The SMILES string of the molecule is CCCCCCCCC/C=C\CCCCCCCCCC(=O)OCC(COC(=O)CCCCCCCCCCCCCCCCCC)OC(=O)CCCCCCCCCCCCCCCCCCC. The lowest BCUT2D eigenvalue weighted by atomic mass is 10.0. The fourth-order valence-corrected chi connectivity index (χ4v) is 9.56. The molecule has 0 rings (SSSR count). The van der Waals surface area contributed by atoms with Crippen molar-refractivity contribution in [3.8, 4) is 0 Å². The van der Waals surface area contributed by atoms with Crippen LogP contribution >= 0.6 is 0 Å². The van der Waals surface area contributed by atoms with Crippen molar-refractivity contribution in [3.05, 3.63) is 12.2 Å². The van der Waals surface area contributed by atoms with Crippen LogP contribution in [0, 0.1) is 0 Å². The summed E-state index contributed by atoms with van der Waals surface area (Å²) in [6, 6.07) is 0. The molecule has 1 atom stereocenters. The van der Waals surface area contributed by atoms with E-state index in [4.69, 9.17) is 14.2 Å². The Labute approximate surface area is 431 Å². The molecule has 0 fully saturated rings. The van der Waals surface area contributed by atoms with Crippen LogP contribution in [0.1, 0.15) is 355 Å². The highest BCUT2D eigenvalue weighted by atomic mass is 16.6. The van der Waals surface area contributed by atoms with E-state index in [0.29, 0.717) is 19.3 Å². The van der Waals surface area contributed by atoms with E-state index in [0.717, 1.165) is 57.8 Å². The van der Waals surface area contributed by atoms with E-state index in [-0.39, 0.29) is 31.1 Å². The van der Waals surface area contributed by atoms with Gasteiger partial charge in [0.2, 0.25) is 0 Å². The Hall–Kier alpha value is -1.85. The van der Waals surface area contributed by atoms with Crippen molar-refractivity contribution in [2.75, 3.05) is 13.2 Å². The second-order valence-corrected chi connectivity index (χ2v) is 21.3. The molecule has 0 spiro atoms. The van der Waals surface area contributed by atoms with Crippen LogP contribution in [-0.2, 0) is 28.6 Å². The minimum atomic E-state index is -0.767. The summed E-state index contributed by atoms with van der Waals surface area (Å²) in [7, 11) is 0. The lowest BCUT2D eigenvalue weighted by Crippen LogP contribution is -2.30. The zero-order valence-electron chi connectivity index (χ0n) is 46.9. The van der Waals surface area contributed by atoms with Crippen molar-refractivity contribution < 1.29 is 28.6 Å². The van der Waals surface area contributed by atoms with Crippen LogP contribution in [-0.4, -0.2) is 37.2 Å². The van der Waals surface area contributed by atoms with Crippen molar-refractivity contribution in [3.63, 3.8) is 0 Å². The average molecular weight is 974 g/mol. The third kappa shape index (κ3) is 56.9. The van der Waals surface area contributed by atoms with Gasteiger partial charge in [0.05, 0.1) is 0 Å². The Morgan fingerprint density at radius 2 is 0.478 bits per heavy atom. The van der Waals surface area contributed by atoms with Gasteiger partial charge in [-0.25, -0.2) is 0 Å². The molecule has 0 bridgehead atoms. The molecule has 0 aromatic rings. The summed E-state index contributed by atoms with van der Waals surface area (Å²) in [5.74, 6) is -0.839. The quantitative estimate of drug-likeness (QED) is 0.0261. The maximum atomic E-state index is 12.9. The number of ether oxygens (including phenoxy) is 3. The van der Waals surface area contributed by atoms with Gasteiger partial charge in [-0.3, -0.25) is 14.4 Å². The Morgan fingerprint density at radius 3 is 0.725 bits per heavy atom. The first-order valence-electron chi connectivity index (χ1n) is 31.2. The molecule has 0 radical (unpaired) electrons. The van der Waals surface area contributed by atoms with E-state index < -0.39 is 6.10 Å². The standard InChI is InChI=1S/C63H120O6/c1-4-7-10-13-16-19-22-25-28-31-33-35-38-41-44-47-50-53-56-62(65)68-59-60(58-67-61(64)55-52-49-46-43-40-37-34-30-27-24-21-18-15-12-9-6-3)69-63(66)57-54-51-48-45-42-39-36-32-29-26-23-20-17-14-11-8-5-2/h28,31,60H,4-27,29-30,32-59H2,1-3H3/b31-28-. The smallest absolute Gasteiger partial charge is 0.306 e. The summed E-state index contributed by atoms with van der Waals surface area (Å²) in [6.45, 7) is 6.71. The maximum absolute atomic E-state index is 12.9. The number of esters is 3. The van der Waals surface area contributed by atoms with Crippen molar-refractivity contribution in [2.24, 2.45) is 0 Å². The van der Waals surface area contributed by atoms with Crippen LogP contribution < -0.4 is 0 Å². The number of rotatable bonds is 58. The highest BCUT2D eigenvalue weighted by molar-refractivity contribution is 5.71. The number of carbonyl (C=O) groups excluding carboxylic acids is 3. The lowest BCUT2D eigenvalue weighted by molar-refractivity contribution is -0.167. The molecule has 0 aliphatic carbocycles. The molecule has 0 N–H and O–H groups in total.